The van der Waals surface area contributed by atoms with E-state index in [1.54, 1.807) is 11.9 Å². The van der Waals surface area contributed by atoms with E-state index in [9.17, 15) is 4.79 Å². The summed E-state index contributed by atoms with van der Waals surface area (Å²) in [4.78, 5) is 14.2. The molecule has 3 rings (SSSR count). The largest absolute Gasteiger partial charge is 0.486 e. The van der Waals surface area contributed by atoms with Crippen LogP contribution < -0.4 is 19.7 Å². The molecule has 2 aromatic carbocycles. The molecule has 2 aromatic rings. The lowest BCUT2D eigenvalue weighted by molar-refractivity contribution is 0.171. The molecule has 1 aliphatic rings. The van der Waals surface area contributed by atoms with Crippen molar-refractivity contribution in [3.8, 4) is 11.5 Å². The number of hydrogen-bond acceptors (Lipinski definition) is 3. The fraction of sp³-hybridized carbons (Fsp3) is 0.316. The van der Waals surface area contributed by atoms with Gasteiger partial charge in [0.2, 0.25) is 0 Å². The quantitative estimate of drug-likeness (QED) is 0.938. The van der Waals surface area contributed by atoms with E-state index in [4.69, 9.17) is 9.47 Å². The van der Waals surface area contributed by atoms with Crippen molar-refractivity contribution in [2.75, 3.05) is 25.2 Å². The smallest absolute Gasteiger partial charge is 0.322 e. The molecule has 126 valence electrons. The molecular weight excluding hydrogens is 304 g/mol. The van der Waals surface area contributed by atoms with Crippen molar-refractivity contribution in [2.24, 2.45) is 0 Å². The zero-order valence-corrected chi connectivity index (χ0v) is 14.2. The molecule has 5 heteroatoms. The first-order valence-electron chi connectivity index (χ1n) is 7.98. The van der Waals surface area contributed by atoms with Gasteiger partial charge in [0.05, 0.1) is 5.54 Å². The third-order valence-electron chi connectivity index (χ3n) is 4.13. The summed E-state index contributed by atoms with van der Waals surface area (Å²) in [5.41, 5.74) is 1.25. The Labute approximate surface area is 142 Å². The lowest BCUT2D eigenvalue weighted by Gasteiger charge is -2.31. The Bertz CT molecular complexity index is 729. The van der Waals surface area contributed by atoms with Crippen LogP contribution in [0, 0.1) is 0 Å². The van der Waals surface area contributed by atoms with Crippen LogP contribution in [-0.4, -0.2) is 26.3 Å². The molecule has 0 fully saturated rings. The molecule has 0 radical (unpaired) electrons. The second-order valence-corrected chi connectivity index (χ2v) is 6.31. The number of hydrogen-bond donors (Lipinski definition) is 1. The highest BCUT2D eigenvalue weighted by Crippen LogP contribution is 2.34. The molecule has 5 nitrogen and oxygen atoms in total. The molecule has 0 atom stereocenters. The fourth-order valence-electron chi connectivity index (χ4n) is 2.62. The number of urea groups is 1. The van der Waals surface area contributed by atoms with Crippen LogP contribution in [0.3, 0.4) is 0 Å². The second-order valence-electron chi connectivity index (χ2n) is 6.31. The maximum absolute atomic E-state index is 12.6. The lowest BCUT2D eigenvalue weighted by atomic mass is 9.94. The van der Waals surface area contributed by atoms with Crippen molar-refractivity contribution < 1.29 is 14.3 Å². The highest BCUT2D eigenvalue weighted by atomic mass is 16.6. The van der Waals surface area contributed by atoms with Gasteiger partial charge in [-0.2, -0.15) is 0 Å². The lowest BCUT2D eigenvalue weighted by Crippen LogP contribution is -2.47. The predicted octanol–water partition coefficient (Wildman–Crippen LogP) is 3.54. The first kappa shape index (κ1) is 16.2. The summed E-state index contributed by atoms with van der Waals surface area (Å²) in [7, 11) is 1.75. The van der Waals surface area contributed by atoms with Gasteiger partial charge in [0.25, 0.3) is 0 Å². The Balaban J connectivity index is 1.77. The average molecular weight is 326 g/mol. The van der Waals surface area contributed by atoms with E-state index < -0.39 is 5.54 Å². The number of carbonyl (C=O) groups excluding carboxylic acids is 1. The van der Waals surface area contributed by atoms with Crippen LogP contribution in [0.1, 0.15) is 19.4 Å². The van der Waals surface area contributed by atoms with Crippen molar-refractivity contribution in [1.29, 1.82) is 0 Å². The van der Waals surface area contributed by atoms with E-state index in [1.165, 1.54) is 0 Å². The summed E-state index contributed by atoms with van der Waals surface area (Å²) in [6, 6.07) is 15.1. The van der Waals surface area contributed by atoms with Crippen molar-refractivity contribution in [3.05, 3.63) is 54.1 Å². The first-order valence-corrected chi connectivity index (χ1v) is 7.98. The van der Waals surface area contributed by atoms with Gasteiger partial charge in [-0.25, -0.2) is 4.79 Å². The second kappa shape index (κ2) is 6.43. The van der Waals surface area contributed by atoms with Gasteiger partial charge in [-0.3, -0.25) is 4.90 Å². The Morgan fingerprint density at radius 2 is 1.71 bits per heavy atom. The molecule has 0 aliphatic carbocycles. The summed E-state index contributed by atoms with van der Waals surface area (Å²) in [5.74, 6) is 1.46. The molecule has 1 heterocycles. The van der Waals surface area contributed by atoms with E-state index in [0.29, 0.717) is 13.2 Å². The van der Waals surface area contributed by atoms with Gasteiger partial charge in [0.1, 0.15) is 13.2 Å². The van der Waals surface area contributed by atoms with Crippen LogP contribution >= 0.6 is 0 Å². The molecular formula is C19H22N2O3. The number of rotatable bonds is 3. The minimum Gasteiger partial charge on any atom is -0.486 e. The number of anilines is 1. The third kappa shape index (κ3) is 3.30. The number of para-hydroxylation sites is 1. The summed E-state index contributed by atoms with van der Waals surface area (Å²) < 4.78 is 11.2. The molecule has 2 amide bonds. The van der Waals surface area contributed by atoms with Crippen LogP contribution in [-0.2, 0) is 5.54 Å². The third-order valence-corrected chi connectivity index (χ3v) is 4.13. The number of ether oxygens (including phenoxy) is 2. The molecule has 1 N–H and O–H groups in total. The highest BCUT2D eigenvalue weighted by molar-refractivity contribution is 5.91. The minimum absolute atomic E-state index is 0.166. The predicted molar refractivity (Wildman–Crippen MR) is 93.8 cm³/mol. The van der Waals surface area contributed by atoms with Crippen LogP contribution in [0.5, 0.6) is 11.5 Å². The zero-order chi connectivity index (χ0) is 17.2. The van der Waals surface area contributed by atoms with Crippen molar-refractivity contribution in [3.63, 3.8) is 0 Å². The summed E-state index contributed by atoms with van der Waals surface area (Å²) >= 11 is 0. The maximum atomic E-state index is 12.6. The Morgan fingerprint density at radius 3 is 2.42 bits per heavy atom. The number of amides is 2. The molecule has 0 spiro atoms. The van der Waals surface area contributed by atoms with Gasteiger partial charge in [0.15, 0.2) is 11.5 Å². The van der Waals surface area contributed by atoms with E-state index in [0.717, 1.165) is 22.7 Å². The Kier molecular flexibility index (Phi) is 4.34. The van der Waals surface area contributed by atoms with E-state index in [-0.39, 0.29) is 6.03 Å². The molecule has 0 bridgehead atoms. The number of fused-ring (bicyclic) bond motifs is 1. The molecule has 1 aliphatic heterocycles. The standard InChI is InChI=1S/C19H22N2O3/c1-19(2,14-9-10-16-17(13-14)24-12-11-23-16)20-18(22)21(3)15-7-5-4-6-8-15/h4-10,13H,11-12H2,1-3H3,(H,20,22). The number of carbonyl (C=O) groups is 1. The van der Waals surface area contributed by atoms with Crippen LogP contribution in [0.2, 0.25) is 0 Å². The molecule has 0 saturated heterocycles. The zero-order valence-electron chi connectivity index (χ0n) is 14.2. The van der Waals surface area contributed by atoms with Gasteiger partial charge in [-0.1, -0.05) is 24.3 Å². The maximum Gasteiger partial charge on any atom is 0.322 e. The average Bonchev–Trinajstić information content (AvgIpc) is 2.61. The van der Waals surface area contributed by atoms with Crippen molar-refractivity contribution in [1.82, 2.24) is 5.32 Å². The number of benzene rings is 2. The van der Waals surface area contributed by atoms with Crippen molar-refractivity contribution in [2.45, 2.75) is 19.4 Å². The topological polar surface area (TPSA) is 50.8 Å². The van der Waals surface area contributed by atoms with E-state index in [1.807, 2.05) is 62.4 Å². The fourth-order valence-corrected chi connectivity index (χ4v) is 2.62. The highest BCUT2D eigenvalue weighted by Gasteiger charge is 2.26. The summed E-state index contributed by atoms with van der Waals surface area (Å²) in [5, 5.41) is 3.07. The van der Waals surface area contributed by atoms with Gasteiger partial charge in [-0.05, 0) is 43.7 Å². The molecule has 24 heavy (non-hydrogen) atoms. The summed E-state index contributed by atoms with van der Waals surface area (Å²) in [6.07, 6.45) is 0. The molecule has 0 saturated carbocycles. The molecule has 0 aromatic heterocycles. The van der Waals surface area contributed by atoms with Gasteiger partial charge < -0.3 is 14.8 Å². The summed E-state index contributed by atoms with van der Waals surface area (Å²) in [6.45, 7) is 5.04. The SMILES string of the molecule is CN(C(=O)NC(C)(C)c1ccc2c(c1)OCCO2)c1ccccc1. The van der Waals surface area contributed by atoms with E-state index in [2.05, 4.69) is 5.32 Å². The van der Waals surface area contributed by atoms with Crippen LogP contribution in [0.25, 0.3) is 0 Å². The first-order chi connectivity index (χ1) is 11.5. The minimum atomic E-state index is -0.546. The van der Waals surface area contributed by atoms with E-state index >= 15 is 0 Å². The monoisotopic (exact) mass is 326 g/mol. The van der Waals surface area contributed by atoms with Crippen molar-refractivity contribution >= 4 is 11.7 Å². The number of nitrogens with one attached hydrogen (secondary N) is 1. The normalized spacial score (nSPS) is 13.3. The van der Waals surface area contributed by atoms with Gasteiger partial charge in [-0.15, -0.1) is 0 Å². The van der Waals surface area contributed by atoms with Gasteiger partial charge in [0, 0.05) is 12.7 Å². The Morgan fingerprint density at radius 1 is 1.04 bits per heavy atom. The van der Waals surface area contributed by atoms with Gasteiger partial charge >= 0.3 is 6.03 Å². The van der Waals surface area contributed by atoms with Crippen LogP contribution in [0.4, 0.5) is 10.5 Å². The number of nitrogens with zero attached hydrogens (tertiary/aromatic N) is 1. The van der Waals surface area contributed by atoms with Crippen LogP contribution in [0.15, 0.2) is 48.5 Å². The Hall–Kier alpha value is -2.69. The molecule has 0 unspecified atom stereocenters.